The van der Waals surface area contributed by atoms with Crippen LogP contribution >= 0.6 is 15.9 Å². The molecule has 0 aliphatic carbocycles. The van der Waals surface area contributed by atoms with Gasteiger partial charge in [-0.3, -0.25) is 4.79 Å². The van der Waals surface area contributed by atoms with E-state index in [0.717, 1.165) is 6.07 Å². The molecule has 0 aliphatic heterocycles. The van der Waals surface area contributed by atoms with E-state index < -0.39 is 23.3 Å². The van der Waals surface area contributed by atoms with Gasteiger partial charge in [-0.05, 0) is 39.0 Å². The molecule has 0 atom stereocenters. The highest BCUT2D eigenvalue weighted by Gasteiger charge is 2.33. The first-order valence-electron chi connectivity index (χ1n) is 5.81. The second-order valence-electron chi connectivity index (χ2n) is 5.13. The Morgan fingerprint density at radius 3 is 2.40 bits per heavy atom. The Hall–Kier alpha value is -1.24. The van der Waals surface area contributed by atoms with Crippen molar-refractivity contribution in [1.29, 1.82) is 0 Å². The van der Waals surface area contributed by atoms with Crippen molar-refractivity contribution in [2.75, 3.05) is 11.9 Å². The Kier molecular flexibility index (Phi) is 5.07. The van der Waals surface area contributed by atoms with Crippen molar-refractivity contribution >= 4 is 27.6 Å². The highest BCUT2D eigenvalue weighted by Crippen LogP contribution is 2.36. The Morgan fingerprint density at radius 2 is 1.90 bits per heavy atom. The Morgan fingerprint density at radius 1 is 1.30 bits per heavy atom. The molecule has 7 heteroatoms. The summed E-state index contributed by atoms with van der Waals surface area (Å²) in [5.41, 5.74) is -1.67. The number of hydrogen-bond acceptors (Lipinski definition) is 3. The summed E-state index contributed by atoms with van der Waals surface area (Å²) in [4.78, 5) is 11.5. The number of anilines is 1. The third-order valence-corrected chi connectivity index (χ3v) is 2.62. The van der Waals surface area contributed by atoms with Gasteiger partial charge < -0.3 is 10.1 Å². The van der Waals surface area contributed by atoms with Crippen LogP contribution in [0.4, 0.5) is 18.9 Å². The molecule has 3 nitrogen and oxygen atoms in total. The molecule has 20 heavy (non-hydrogen) atoms. The van der Waals surface area contributed by atoms with Gasteiger partial charge in [0.25, 0.3) is 0 Å². The molecule has 0 aliphatic rings. The molecule has 1 aromatic carbocycles. The highest BCUT2D eigenvalue weighted by molar-refractivity contribution is 9.10. The lowest BCUT2D eigenvalue weighted by Gasteiger charge is -2.20. The van der Waals surface area contributed by atoms with Crippen LogP contribution in [0.5, 0.6) is 0 Å². The maximum absolute atomic E-state index is 12.8. The Balaban J connectivity index is 2.81. The molecule has 1 rings (SSSR count). The molecule has 0 aromatic heterocycles. The molecule has 0 fully saturated rings. The van der Waals surface area contributed by atoms with E-state index >= 15 is 0 Å². The molecule has 112 valence electrons. The average Bonchev–Trinajstić information content (AvgIpc) is 2.23. The van der Waals surface area contributed by atoms with Gasteiger partial charge in [0.2, 0.25) is 0 Å². The number of esters is 1. The third-order valence-electron chi connectivity index (χ3n) is 2.13. The van der Waals surface area contributed by atoms with Crippen LogP contribution in [-0.4, -0.2) is 18.1 Å². The first-order chi connectivity index (χ1) is 8.99. The zero-order valence-electron chi connectivity index (χ0n) is 11.3. The molecular weight excluding hydrogens is 339 g/mol. The molecule has 0 heterocycles. The maximum Gasteiger partial charge on any atom is 0.418 e. The van der Waals surface area contributed by atoms with E-state index in [9.17, 15) is 18.0 Å². The predicted octanol–water partition coefficient (Wildman–Crippen LogP) is 4.22. The molecule has 0 unspecified atom stereocenters. The van der Waals surface area contributed by atoms with Crippen molar-refractivity contribution in [2.45, 2.75) is 32.5 Å². The fourth-order valence-electron chi connectivity index (χ4n) is 1.45. The fraction of sp³-hybridized carbons (Fsp3) is 0.462. The van der Waals surface area contributed by atoms with Gasteiger partial charge in [0.1, 0.15) is 12.1 Å². The van der Waals surface area contributed by atoms with Gasteiger partial charge in [-0.15, -0.1) is 0 Å². The van der Waals surface area contributed by atoms with Crippen molar-refractivity contribution in [3.63, 3.8) is 0 Å². The number of nitrogens with one attached hydrogen (secondary N) is 1. The lowest BCUT2D eigenvalue weighted by molar-refractivity contribution is -0.152. The number of halogens is 4. The fourth-order valence-corrected chi connectivity index (χ4v) is 1.81. The Bertz CT molecular complexity index is 495. The predicted molar refractivity (Wildman–Crippen MR) is 73.5 cm³/mol. The van der Waals surface area contributed by atoms with Gasteiger partial charge in [-0.2, -0.15) is 13.2 Å². The molecular formula is C13H15BrF3NO2. The van der Waals surface area contributed by atoms with Crippen molar-refractivity contribution in [3.05, 3.63) is 28.2 Å². The molecule has 0 saturated heterocycles. The minimum absolute atomic E-state index is 0.161. The lowest BCUT2D eigenvalue weighted by atomic mass is 10.1. The normalized spacial score (nSPS) is 12.2. The zero-order valence-corrected chi connectivity index (χ0v) is 12.9. The van der Waals surface area contributed by atoms with Gasteiger partial charge in [0.15, 0.2) is 0 Å². The van der Waals surface area contributed by atoms with Crippen LogP contribution < -0.4 is 5.32 Å². The number of benzene rings is 1. The molecule has 1 N–H and O–H groups in total. The standard InChI is InChI=1S/C13H15BrF3NO2/c1-12(2,3)20-11(19)7-18-10-5-4-8(14)6-9(10)13(15,16)17/h4-6,18H,7H2,1-3H3. The van der Waals surface area contributed by atoms with E-state index in [1.54, 1.807) is 20.8 Å². The second kappa shape index (κ2) is 6.03. The SMILES string of the molecule is CC(C)(C)OC(=O)CNc1ccc(Br)cc1C(F)(F)F. The number of alkyl halides is 3. The summed E-state index contributed by atoms with van der Waals surface area (Å²) in [7, 11) is 0. The summed E-state index contributed by atoms with van der Waals surface area (Å²) >= 11 is 2.99. The smallest absolute Gasteiger partial charge is 0.418 e. The van der Waals surface area contributed by atoms with E-state index in [4.69, 9.17) is 4.74 Å². The quantitative estimate of drug-likeness (QED) is 0.826. The van der Waals surface area contributed by atoms with Crippen molar-refractivity contribution < 1.29 is 22.7 Å². The molecule has 1 aromatic rings. The van der Waals surface area contributed by atoms with Crippen LogP contribution in [-0.2, 0) is 15.7 Å². The number of carbonyl (C=O) groups excluding carboxylic acids is 1. The van der Waals surface area contributed by atoms with Gasteiger partial charge in [0, 0.05) is 10.2 Å². The van der Waals surface area contributed by atoms with Crippen molar-refractivity contribution in [1.82, 2.24) is 0 Å². The average molecular weight is 354 g/mol. The summed E-state index contributed by atoms with van der Waals surface area (Å²) in [5.74, 6) is -0.617. The topological polar surface area (TPSA) is 38.3 Å². The van der Waals surface area contributed by atoms with Crippen LogP contribution in [0, 0.1) is 0 Å². The highest BCUT2D eigenvalue weighted by atomic mass is 79.9. The number of carbonyl (C=O) groups is 1. The van der Waals surface area contributed by atoms with Crippen LogP contribution in [0.15, 0.2) is 22.7 Å². The monoisotopic (exact) mass is 353 g/mol. The van der Waals surface area contributed by atoms with E-state index in [0.29, 0.717) is 4.47 Å². The number of rotatable bonds is 3. The largest absolute Gasteiger partial charge is 0.459 e. The summed E-state index contributed by atoms with van der Waals surface area (Å²) in [6.07, 6.45) is -4.50. The minimum atomic E-state index is -4.50. The Labute approximate surface area is 123 Å². The molecule has 0 saturated carbocycles. The van der Waals surface area contributed by atoms with Crippen LogP contribution in [0.3, 0.4) is 0 Å². The first-order valence-corrected chi connectivity index (χ1v) is 6.61. The minimum Gasteiger partial charge on any atom is -0.459 e. The molecule has 0 radical (unpaired) electrons. The van der Waals surface area contributed by atoms with Gasteiger partial charge in [-0.25, -0.2) is 0 Å². The second-order valence-corrected chi connectivity index (χ2v) is 6.04. The summed E-state index contributed by atoms with van der Waals surface area (Å²) < 4.78 is 43.9. The number of ether oxygens (including phenoxy) is 1. The summed E-state index contributed by atoms with van der Waals surface area (Å²) in [6.45, 7) is 4.73. The third kappa shape index (κ3) is 5.40. The zero-order chi connectivity index (χ0) is 15.6. The van der Waals surface area contributed by atoms with E-state index in [-0.39, 0.29) is 12.2 Å². The van der Waals surface area contributed by atoms with Crippen LogP contribution in [0.25, 0.3) is 0 Å². The van der Waals surface area contributed by atoms with Crippen LogP contribution in [0.2, 0.25) is 0 Å². The first kappa shape index (κ1) is 16.8. The molecule has 0 spiro atoms. The maximum atomic E-state index is 12.8. The van der Waals surface area contributed by atoms with E-state index in [1.165, 1.54) is 12.1 Å². The van der Waals surface area contributed by atoms with Crippen molar-refractivity contribution in [3.8, 4) is 0 Å². The van der Waals surface area contributed by atoms with E-state index in [1.807, 2.05) is 0 Å². The summed E-state index contributed by atoms with van der Waals surface area (Å²) in [5, 5.41) is 2.45. The molecule has 0 bridgehead atoms. The summed E-state index contributed by atoms with van der Waals surface area (Å²) in [6, 6.07) is 3.68. The van der Waals surface area contributed by atoms with Gasteiger partial charge >= 0.3 is 12.1 Å². The van der Waals surface area contributed by atoms with Gasteiger partial charge in [0.05, 0.1) is 5.56 Å². The number of hydrogen-bond donors (Lipinski definition) is 1. The van der Waals surface area contributed by atoms with Crippen LogP contribution in [0.1, 0.15) is 26.3 Å². The van der Waals surface area contributed by atoms with Crippen molar-refractivity contribution in [2.24, 2.45) is 0 Å². The van der Waals surface area contributed by atoms with Gasteiger partial charge in [-0.1, -0.05) is 15.9 Å². The lowest BCUT2D eigenvalue weighted by Crippen LogP contribution is -2.28. The van der Waals surface area contributed by atoms with E-state index in [2.05, 4.69) is 21.2 Å². The molecule has 0 amide bonds.